The first-order valence-corrected chi connectivity index (χ1v) is 5.86. The zero-order chi connectivity index (χ0) is 9.84. The quantitative estimate of drug-likeness (QED) is 0.875. The lowest BCUT2D eigenvalue weighted by Crippen LogP contribution is -2.34. The summed E-state index contributed by atoms with van der Waals surface area (Å²) >= 11 is 5.12. The van der Waals surface area contributed by atoms with E-state index >= 15 is 0 Å². The van der Waals surface area contributed by atoms with Crippen molar-refractivity contribution in [2.75, 3.05) is 0 Å². The van der Waals surface area contributed by atoms with Crippen LogP contribution < -0.4 is 5.32 Å². The maximum Gasteiger partial charge on any atom is 0.0701 e. The van der Waals surface area contributed by atoms with E-state index in [0.717, 1.165) is 10.3 Å². The summed E-state index contributed by atoms with van der Waals surface area (Å²) in [6.07, 6.45) is -0.302. The van der Waals surface area contributed by atoms with E-state index in [1.165, 1.54) is 4.88 Å². The Morgan fingerprint density at radius 3 is 2.69 bits per heavy atom. The summed E-state index contributed by atoms with van der Waals surface area (Å²) in [5.74, 6) is 0. The van der Waals surface area contributed by atoms with E-state index in [9.17, 15) is 5.11 Å². The van der Waals surface area contributed by atoms with Crippen LogP contribution in [0.25, 0.3) is 0 Å². The molecule has 2 atom stereocenters. The Morgan fingerprint density at radius 1 is 1.54 bits per heavy atom. The maximum atomic E-state index is 9.24. The highest BCUT2D eigenvalue weighted by atomic mass is 79.9. The van der Waals surface area contributed by atoms with Crippen molar-refractivity contribution in [2.24, 2.45) is 0 Å². The second-order valence-electron chi connectivity index (χ2n) is 3.12. The Labute approximate surface area is 91.1 Å². The highest BCUT2D eigenvalue weighted by Crippen LogP contribution is 2.21. The second-order valence-corrected chi connectivity index (χ2v) is 5.66. The van der Waals surface area contributed by atoms with Crippen LogP contribution in [0.15, 0.2) is 15.9 Å². The average Bonchev–Trinajstić information content (AvgIpc) is 2.47. The predicted octanol–water partition coefficient (Wildman–Crippen LogP) is 2.37. The molecule has 0 aliphatic heterocycles. The third kappa shape index (κ3) is 3.77. The Hall–Kier alpha value is 0.1000. The van der Waals surface area contributed by atoms with Gasteiger partial charge in [-0.05, 0) is 41.9 Å². The van der Waals surface area contributed by atoms with Crippen molar-refractivity contribution in [3.8, 4) is 0 Å². The minimum atomic E-state index is -0.302. The third-order valence-electron chi connectivity index (χ3n) is 1.95. The van der Waals surface area contributed by atoms with Gasteiger partial charge in [0, 0.05) is 17.5 Å². The van der Waals surface area contributed by atoms with Gasteiger partial charge in [0.1, 0.15) is 0 Å². The highest BCUT2D eigenvalue weighted by Gasteiger charge is 2.07. The van der Waals surface area contributed by atoms with Gasteiger partial charge in [-0.15, -0.1) is 11.3 Å². The molecule has 0 aliphatic rings. The minimum Gasteiger partial charge on any atom is -0.392 e. The smallest absolute Gasteiger partial charge is 0.0701 e. The van der Waals surface area contributed by atoms with Crippen LogP contribution in [0, 0.1) is 0 Å². The van der Waals surface area contributed by atoms with E-state index in [0.29, 0.717) is 0 Å². The number of halogens is 1. The molecule has 0 aromatic carbocycles. The molecule has 0 saturated heterocycles. The normalized spacial score (nSPS) is 15.7. The molecule has 13 heavy (non-hydrogen) atoms. The lowest BCUT2D eigenvalue weighted by molar-refractivity contribution is 0.152. The van der Waals surface area contributed by atoms with Crippen molar-refractivity contribution >= 4 is 27.3 Å². The number of nitrogens with one attached hydrogen (secondary N) is 1. The van der Waals surface area contributed by atoms with Gasteiger partial charge in [-0.3, -0.25) is 0 Å². The van der Waals surface area contributed by atoms with Gasteiger partial charge in [-0.25, -0.2) is 0 Å². The Bertz CT molecular complexity index is 262. The van der Waals surface area contributed by atoms with Crippen LogP contribution in [0.5, 0.6) is 0 Å². The SMILES string of the molecule is CC(O)C(C)NCc1ccc(Br)s1. The van der Waals surface area contributed by atoms with Crippen LogP contribution in [-0.4, -0.2) is 17.3 Å². The van der Waals surface area contributed by atoms with E-state index in [-0.39, 0.29) is 12.1 Å². The zero-order valence-electron chi connectivity index (χ0n) is 7.75. The third-order valence-corrected chi connectivity index (χ3v) is 3.57. The maximum absolute atomic E-state index is 9.24. The molecule has 2 nitrogen and oxygen atoms in total. The van der Waals surface area contributed by atoms with Crippen molar-refractivity contribution in [3.63, 3.8) is 0 Å². The van der Waals surface area contributed by atoms with Crippen molar-refractivity contribution < 1.29 is 5.11 Å². The monoisotopic (exact) mass is 263 g/mol. The molecule has 0 saturated carbocycles. The second kappa shape index (κ2) is 5.10. The van der Waals surface area contributed by atoms with Crippen molar-refractivity contribution in [3.05, 3.63) is 20.8 Å². The lowest BCUT2D eigenvalue weighted by Gasteiger charge is -2.15. The Kier molecular flexibility index (Phi) is 4.38. The number of thiophene rings is 1. The van der Waals surface area contributed by atoms with Gasteiger partial charge in [0.2, 0.25) is 0 Å². The molecule has 74 valence electrons. The molecular formula is C9H14BrNOS. The fraction of sp³-hybridized carbons (Fsp3) is 0.556. The molecule has 0 amide bonds. The van der Waals surface area contributed by atoms with Gasteiger partial charge in [-0.1, -0.05) is 0 Å². The minimum absolute atomic E-state index is 0.140. The van der Waals surface area contributed by atoms with Crippen LogP contribution >= 0.6 is 27.3 Å². The molecule has 0 aliphatic carbocycles. The van der Waals surface area contributed by atoms with Crippen LogP contribution in [0.1, 0.15) is 18.7 Å². The standard InChI is InChI=1S/C9H14BrNOS/c1-6(7(2)12)11-5-8-3-4-9(10)13-8/h3-4,6-7,11-12H,5H2,1-2H3. The van der Waals surface area contributed by atoms with Gasteiger partial charge in [-0.2, -0.15) is 0 Å². The van der Waals surface area contributed by atoms with E-state index in [4.69, 9.17) is 0 Å². The summed E-state index contributed by atoms with van der Waals surface area (Å²) in [6, 6.07) is 4.26. The average molecular weight is 264 g/mol. The Morgan fingerprint density at radius 2 is 2.23 bits per heavy atom. The predicted molar refractivity (Wildman–Crippen MR) is 60.0 cm³/mol. The molecule has 4 heteroatoms. The van der Waals surface area contributed by atoms with Crippen molar-refractivity contribution in [2.45, 2.75) is 32.5 Å². The largest absolute Gasteiger partial charge is 0.392 e. The first-order chi connectivity index (χ1) is 6.09. The van der Waals surface area contributed by atoms with Gasteiger partial charge in [0.15, 0.2) is 0 Å². The molecule has 1 aromatic heterocycles. The van der Waals surface area contributed by atoms with Crippen LogP contribution in [0.3, 0.4) is 0 Å². The van der Waals surface area contributed by atoms with E-state index in [1.807, 2.05) is 13.0 Å². The molecule has 1 heterocycles. The number of hydrogen-bond donors (Lipinski definition) is 2. The van der Waals surface area contributed by atoms with Gasteiger partial charge in [0.05, 0.1) is 9.89 Å². The summed E-state index contributed by atoms with van der Waals surface area (Å²) in [5, 5.41) is 12.5. The van der Waals surface area contributed by atoms with Crippen molar-refractivity contribution in [1.82, 2.24) is 5.32 Å². The molecule has 2 N–H and O–H groups in total. The molecule has 1 rings (SSSR count). The molecule has 0 radical (unpaired) electrons. The number of aliphatic hydroxyl groups excluding tert-OH is 1. The van der Waals surface area contributed by atoms with E-state index in [1.54, 1.807) is 18.3 Å². The fourth-order valence-electron chi connectivity index (χ4n) is 0.879. The van der Waals surface area contributed by atoms with Gasteiger partial charge in [0.25, 0.3) is 0 Å². The highest BCUT2D eigenvalue weighted by molar-refractivity contribution is 9.11. The molecule has 1 aromatic rings. The molecule has 0 fully saturated rings. The summed E-state index contributed by atoms with van der Waals surface area (Å²) < 4.78 is 1.15. The molecule has 0 spiro atoms. The van der Waals surface area contributed by atoms with E-state index < -0.39 is 0 Å². The van der Waals surface area contributed by atoms with E-state index in [2.05, 4.69) is 27.3 Å². The molecule has 2 unspecified atom stereocenters. The first-order valence-electron chi connectivity index (χ1n) is 4.25. The fourth-order valence-corrected chi connectivity index (χ4v) is 2.31. The van der Waals surface area contributed by atoms with Gasteiger partial charge >= 0.3 is 0 Å². The Balaban J connectivity index is 2.35. The van der Waals surface area contributed by atoms with Crippen molar-refractivity contribution in [1.29, 1.82) is 0 Å². The number of rotatable bonds is 4. The summed E-state index contributed by atoms with van der Waals surface area (Å²) in [6.45, 7) is 4.59. The van der Waals surface area contributed by atoms with Gasteiger partial charge < -0.3 is 10.4 Å². The first kappa shape index (κ1) is 11.2. The number of hydrogen-bond acceptors (Lipinski definition) is 3. The number of aliphatic hydroxyl groups is 1. The van der Waals surface area contributed by atoms with Crippen LogP contribution in [0.2, 0.25) is 0 Å². The van der Waals surface area contributed by atoms with Crippen LogP contribution in [-0.2, 0) is 6.54 Å². The topological polar surface area (TPSA) is 32.3 Å². The zero-order valence-corrected chi connectivity index (χ0v) is 10.2. The summed E-state index contributed by atoms with van der Waals surface area (Å²) in [5.41, 5.74) is 0. The molecule has 0 bridgehead atoms. The summed E-state index contributed by atoms with van der Waals surface area (Å²) in [4.78, 5) is 1.28. The summed E-state index contributed by atoms with van der Waals surface area (Å²) in [7, 11) is 0. The molecular weight excluding hydrogens is 250 g/mol. The van der Waals surface area contributed by atoms with Crippen LogP contribution in [0.4, 0.5) is 0 Å². The lowest BCUT2D eigenvalue weighted by atomic mass is 10.2.